The Morgan fingerprint density at radius 3 is 2.50 bits per heavy atom. The van der Waals surface area contributed by atoms with E-state index in [9.17, 15) is 0 Å². The standard InChI is InChI=1S/C13H15BrClN3/c1-13(2,3)11-6-10(18-16)8-4-7(14)5-9(15)12(8)17-11/h4-6H,16H2,1-3H3,(H,17,18). The van der Waals surface area contributed by atoms with Gasteiger partial charge in [0.25, 0.3) is 0 Å². The van der Waals surface area contributed by atoms with E-state index in [1.54, 1.807) is 0 Å². The number of benzene rings is 1. The molecule has 0 fully saturated rings. The predicted molar refractivity (Wildman–Crippen MR) is 81.0 cm³/mol. The molecule has 0 saturated carbocycles. The predicted octanol–water partition coefficient (Wildman–Crippen LogP) is 4.23. The van der Waals surface area contributed by atoms with E-state index in [-0.39, 0.29) is 5.41 Å². The van der Waals surface area contributed by atoms with Crippen molar-refractivity contribution in [3.63, 3.8) is 0 Å². The minimum Gasteiger partial charge on any atom is -0.323 e. The van der Waals surface area contributed by atoms with Crippen LogP contribution in [0.5, 0.6) is 0 Å². The molecule has 5 heteroatoms. The van der Waals surface area contributed by atoms with Crippen LogP contribution in [0.15, 0.2) is 22.7 Å². The Morgan fingerprint density at radius 1 is 1.28 bits per heavy atom. The highest BCUT2D eigenvalue weighted by Gasteiger charge is 2.19. The van der Waals surface area contributed by atoms with Crippen LogP contribution in [0.3, 0.4) is 0 Å². The van der Waals surface area contributed by atoms with Crippen LogP contribution in [0.4, 0.5) is 5.69 Å². The van der Waals surface area contributed by atoms with Gasteiger partial charge in [0.05, 0.1) is 16.2 Å². The number of nitrogens with zero attached hydrogens (tertiary/aromatic N) is 1. The smallest absolute Gasteiger partial charge is 0.0913 e. The van der Waals surface area contributed by atoms with Gasteiger partial charge in [-0.2, -0.15) is 0 Å². The van der Waals surface area contributed by atoms with E-state index < -0.39 is 0 Å². The molecule has 1 heterocycles. The maximum atomic E-state index is 6.25. The fraction of sp³-hybridized carbons (Fsp3) is 0.308. The third-order valence-corrected chi connectivity index (χ3v) is 3.50. The number of nitrogens with one attached hydrogen (secondary N) is 1. The molecule has 0 aliphatic heterocycles. The summed E-state index contributed by atoms with van der Waals surface area (Å²) < 4.78 is 0.904. The first-order valence-electron chi connectivity index (χ1n) is 5.60. The number of pyridine rings is 1. The molecule has 2 rings (SSSR count). The van der Waals surface area contributed by atoms with Gasteiger partial charge in [0.2, 0.25) is 0 Å². The second-order valence-corrected chi connectivity index (χ2v) is 6.56. The Labute approximate surface area is 120 Å². The number of anilines is 1. The minimum atomic E-state index is -0.0593. The topological polar surface area (TPSA) is 50.9 Å². The summed E-state index contributed by atoms with van der Waals surface area (Å²) in [5.74, 6) is 5.59. The van der Waals surface area contributed by atoms with Crippen molar-refractivity contribution in [2.75, 3.05) is 5.43 Å². The highest BCUT2D eigenvalue weighted by molar-refractivity contribution is 9.10. The average molecular weight is 329 g/mol. The zero-order valence-corrected chi connectivity index (χ0v) is 12.9. The molecular weight excluding hydrogens is 314 g/mol. The molecule has 1 aromatic carbocycles. The van der Waals surface area contributed by atoms with E-state index in [0.29, 0.717) is 5.02 Å². The van der Waals surface area contributed by atoms with Crippen LogP contribution in [-0.4, -0.2) is 4.98 Å². The molecule has 0 aliphatic carbocycles. The molecule has 2 aromatic rings. The largest absolute Gasteiger partial charge is 0.323 e. The fourth-order valence-corrected chi connectivity index (χ4v) is 2.61. The molecule has 1 aromatic heterocycles. The molecule has 18 heavy (non-hydrogen) atoms. The van der Waals surface area contributed by atoms with E-state index in [2.05, 4.69) is 47.1 Å². The summed E-state index contributed by atoms with van der Waals surface area (Å²) in [6.07, 6.45) is 0. The normalized spacial score (nSPS) is 11.9. The summed E-state index contributed by atoms with van der Waals surface area (Å²) in [4.78, 5) is 4.65. The first-order valence-corrected chi connectivity index (χ1v) is 6.77. The molecule has 0 atom stereocenters. The van der Waals surface area contributed by atoms with Crippen LogP contribution in [0.25, 0.3) is 10.9 Å². The number of halogens is 2. The van der Waals surface area contributed by atoms with Crippen molar-refractivity contribution >= 4 is 44.1 Å². The Balaban J connectivity index is 2.84. The van der Waals surface area contributed by atoms with Gasteiger partial charge < -0.3 is 5.43 Å². The quantitative estimate of drug-likeness (QED) is 0.608. The van der Waals surface area contributed by atoms with Crippen molar-refractivity contribution in [2.24, 2.45) is 5.84 Å². The lowest BCUT2D eigenvalue weighted by molar-refractivity contribution is 0.572. The second kappa shape index (κ2) is 4.68. The third-order valence-electron chi connectivity index (χ3n) is 2.76. The Bertz CT molecular complexity index is 605. The van der Waals surface area contributed by atoms with Gasteiger partial charge in [-0.1, -0.05) is 48.3 Å². The van der Waals surface area contributed by atoms with E-state index in [1.165, 1.54) is 0 Å². The van der Waals surface area contributed by atoms with Crippen LogP contribution in [-0.2, 0) is 5.41 Å². The van der Waals surface area contributed by atoms with Gasteiger partial charge in [-0.15, -0.1) is 0 Å². The lowest BCUT2D eigenvalue weighted by Gasteiger charge is -2.20. The van der Waals surface area contributed by atoms with E-state index >= 15 is 0 Å². The average Bonchev–Trinajstić information content (AvgIpc) is 2.26. The van der Waals surface area contributed by atoms with Crippen LogP contribution in [0.1, 0.15) is 26.5 Å². The van der Waals surface area contributed by atoms with Gasteiger partial charge in [-0.25, -0.2) is 0 Å². The summed E-state index contributed by atoms with van der Waals surface area (Å²) in [5.41, 5.74) is 5.20. The number of hydrogen-bond acceptors (Lipinski definition) is 3. The van der Waals surface area contributed by atoms with Crippen molar-refractivity contribution in [1.82, 2.24) is 4.98 Å². The molecule has 0 radical (unpaired) electrons. The highest BCUT2D eigenvalue weighted by atomic mass is 79.9. The zero-order chi connectivity index (χ0) is 13.5. The highest BCUT2D eigenvalue weighted by Crippen LogP contribution is 2.34. The maximum Gasteiger partial charge on any atom is 0.0913 e. The van der Waals surface area contributed by atoms with Crippen molar-refractivity contribution in [1.29, 1.82) is 0 Å². The lowest BCUT2D eigenvalue weighted by Crippen LogP contribution is -2.16. The first-order chi connectivity index (χ1) is 8.32. The van der Waals surface area contributed by atoms with Crippen molar-refractivity contribution in [3.05, 3.63) is 33.4 Å². The molecule has 0 bridgehead atoms. The molecular formula is C13H15BrClN3. The zero-order valence-electron chi connectivity index (χ0n) is 10.5. The van der Waals surface area contributed by atoms with Crippen LogP contribution < -0.4 is 11.3 Å². The summed E-state index contributed by atoms with van der Waals surface area (Å²) in [6.45, 7) is 6.32. The number of nitrogen functional groups attached to an aromatic ring is 1. The number of nitrogens with two attached hydrogens (primary N) is 1. The lowest BCUT2D eigenvalue weighted by atomic mass is 9.91. The van der Waals surface area contributed by atoms with Crippen molar-refractivity contribution in [3.8, 4) is 0 Å². The second-order valence-electron chi connectivity index (χ2n) is 5.23. The molecule has 3 nitrogen and oxygen atoms in total. The molecule has 96 valence electrons. The monoisotopic (exact) mass is 327 g/mol. The Kier molecular flexibility index (Phi) is 3.54. The summed E-state index contributed by atoms with van der Waals surface area (Å²) >= 11 is 9.68. The summed E-state index contributed by atoms with van der Waals surface area (Å²) in [5, 5.41) is 1.52. The van der Waals surface area contributed by atoms with Gasteiger partial charge in [0.15, 0.2) is 0 Å². The maximum absolute atomic E-state index is 6.25. The van der Waals surface area contributed by atoms with Crippen molar-refractivity contribution in [2.45, 2.75) is 26.2 Å². The third kappa shape index (κ3) is 2.46. The number of hydrogen-bond donors (Lipinski definition) is 2. The molecule has 0 spiro atoms. The van der Waals surface area contributed by atoms with Gasteiger partial charge in [0.1, 0.15) is 0 Å². The number of aromatic nitrogens is 1. The molecule has 0 amide bonds. The minimum absolute atomic E-state index is 0.0593. The number of fused-ring (bicyclic) bond motifs is 1. The van der Waals surface area contributed by atoms with Crippen LogP contribution >= 0.6 is 27.5 Å². The number of rotatable bonds is 1. The Morgan fingerprint density at radius 2 is 1.94 bits per heavy atom. The first kappa shape index (κ1) is 13.6. The van der Waals surface area contributed by atoms with Gasteiger partial charge >= 0.3 is 0 Å². The van der Waals surface area contributed by atoms with E-state index in [0.717, 1.165) is 26.8 Å². The molecule has 0 unspecified atom stereocenters. The molecule has 0 saturated heterocycles. The van der Waals surface area contributed by atoms with Gasteiger partial charge in [0, 0.05) is 21.0 Å². The van der Waals surface area contributed by atoms with Crippen LogP contribution in [0, 0.1) is 0 Å². The Hall–Kier alpha value is -0.840. The van der Waals surface area contributed by atoms with Crippen molar-refractivity contribution < 1.29 is 0 Å². The SMILES string of the molecule is CC(C)(C)c1cc(NN)c2cc(Br)cc(Cl)c2n1. The fourth-order valence-electron chi connectivity index (χ4n) is 1.76. The summed E-state index contributed by atoms with van der Waals surface area (Å²) in [7, 11) is 0. The number of hydrazine groups is 1. The van der Waals surface area contributed by atoms with Gasteiger partial charge in [-0.05, 0) is 18.2 Å². The summed E-state index contributed by atoms with van der Waals surface area (Å²) in [6, 6.07) is 5.75. The van der Waals surface area contributed by atoms with E-state index in [1.807, 2.05) is 18.2 Å². The molecule has 3 N–H and O–H groups in total. The van der Waals surface area contributed by atoms with E-state index in [4.69, 9.17) is 17.4 Å². The van der Waals surface area contributed by atoms with Gasteiger partial charge in [-0.3, -0.25) is 10.8 Å². The van der Waals surface area contributed by atoms with Crippen LogP contribution in [0.2, 0.25) is 5.02 Å². The molecule has 0 aliphatic rings.